The Hall–Kier alpha value is -0.210. The van der Waals surface area contributed by atoms with Crippen LogP contribution < -0.4 is 5.56 Å². The predicted molar refractivity (Wildman–Crippen MR) is 81.1 cm³/mol. The fourth-order valence-electron chi connectivity index (χ4n) is 1.55. The quantitative estimate of drug-likeness (QED) is 0.571. The van der Waals surface area contributed by atoms with Gasteiger partial charge in [0.25, 0.3) is 5.56 Å². The lowest BCUT2D eigenvalue weighted by Crippen LogP contribution is -2.20. The Kier molecular flexibility index (Phi) is 3.81. The number of halogens is 2. The predicted octanol–water partition coefficient (Wildman–Crippen LogP) is 3.60. The van der Waals surface area contributed by atoms with Gasteiger partial charge in [-0.05, 0) is 22.0 Å². The number of hydrogen-bond donors (Lipinski definition) is 0. The molecule has 0 aliphatic heterocycles. The highest BCUT2D eigenvalue weighted by Crippen LogP contribution is 2.27. The second-order valence-electron chi connectivity index (χ2n) is 3.20. The van der Waals surface area contributed by atoms with Gasteiger partial charge in [0, 0.05) is 59.1 Å². The van der Waals surface area contributed by atoms with Crippen molar-refractivity contribution >= 4 is 57.2 Å². The molecule has 0 radical (unpaired) electrons. The van der Waals surface area contributed by atoms with Gasteiger partial charge in [0.15, 0.2) is 0 Å². The number of fused-ring (bicyclic) bond motifs is 1. The molecule has 0 saturated carbocycles. The van der Waals surface area contributed by atoms with Crippen LogP contribution in [0.2, 0.25) is 0 Å². The van der Waals surface area contributed by atoms with Gasteiger partial charge in [-0.25, -0.2) is 0 Å². The van der Waals surface area contributed by atoms with Crippen molar-refractivity contribution in [1.29, 1.82) is 0 Å². The van der Waals surface area contributed by atoms with E-state index in [4.69, 9.17) is 0 Å². The van der Waals surface area contributed by atoms with E-state index in [0.717, 1.165) is 9.86 Å². The van der Waals surface area contributed by atoms with Gasteiger partial charge in [0.2, 0.25) is 0 Å². The van der Waals surface area contributed by atoms with Gasteiger partial charge in [-0.3, -0.25) is 8.77 Å². The zero-order chi connectivity index (χ0) is 11.7. The molecule has 0 spiro atoms. The molecule has 16 heavy (non-hydrogen) atoms. The van der Waals surface area contributed by atoms with E-state index in [1.54, 1.807) is 16.8 Å². The van der Waals surface area contributed by atoms with E-state index in [1.165, 1.54) is 9.12 Å². The van der Waals surface area contributed by atoms with Crippen LogP contribution in [0.15, 0.2) is 40.4 Å². The van der Waals surface area contributed by atoms with Crippen LogP contribution in [0.1, 0.15) is 0 Å². The molecule has 0 aliphatic carbocycles. The molecular weight excluding hydrogens is 403 g/mol. The molecule has 0 aliphatic rings. The SMILES string of the molecule is C=CCn1cc(Br)c2ccn(SI)c2c1=O. The molecule has 0 unspecified atom stereocenters. The molecule has 0 aromatic carbocycles. The summed E-state index contributed by atoms with van der Waals surface area (Å²) in [7, 11) is 1.48. The third-order valence-corrected chi connectivity index (χ3v) is 4.60. The third-order valence-electron chi connectivity index (χ3n) is 2.24. The summed E-state index contributed by atoms with van der Waals surface area (Å²) in [5.41, 5.74) is 0.711. The van der Waals surface area contributed by atoms with Crippen LogP contribution in [-0.2, 0) is 6.54 Å². The number of nitrogens with zero attached hydrogens (tertiary/aromatic N) is 2. The summed E-state index contributed by atoms with van der Waals surface area (Å²) in [6.45, 7) is 4.17. The Morgan fingerprint density at radius 1 is 1.62 bits per heavy atom. The minimum absolute atomic E-state index is 0.00673. The molecule has 3 nitrogen and oxygen atoms in total. The lowest BCUT2D eigenvalue weighted by Gasteiger charge is -2.05. The first-order valence-corrected chi connectivity index (χ1v) is 8.60. The summed E-state index contributed by atoms with van der Waals surface area (Å²) in [5.74, 6) is 0. The van der Waals surface area contributed by atoms with Crippen molar-refractivity contribution in [3.63, 3.8) is 0 Å². The maximum absolute atomic E-state index is 12.2. The molecule has 2 aromatic rings. The summed E-state index contributed by atoms with van der Waals surface area (Å²) >= 11 is 5.63. The van der Waals surface area contributed by atoms with Crippen LogP contribution in [0.5, 0.6) is 0 Å². The molecule has 2 aromatic heterocycles. The normalized spacial score (nSPS) is 10.9. The summed E-state index contributed by atoms with van der Waals surface area (Å²) in [6.07, 6.45) is 5.41. The Bertz CT molecular complexity index is 605. The maximum atomic E-state index is 12.2. The van der Waals surface area contributed by atoms with Crippen LogP contribution in [-0.4, -0.2) is 8.54 Å². The first-order valence-electron chi connectivity index (χ1n) is 4.49. The van der Waals surface area contributed by atoms with E-state index in [2.05, 4.69) is 43.7 Å². The minimum atomic E-state index is 0.00673. The average molecular weight is 411 g/mol. The van der Waals surface area contributed by atoms with E-state index >= 15 is 0 Å². The number of pyridine rings is 1. The third kappa shape index (κ3) is 1.98. The van der Waals surface area contributed by atoms with Gasteiger partial charge in [-0.2, -0.15) is 0 Å². The largest absolute Gasteiger partial charge is 0.309 e. The lowest BCUT2D eigenvalue weighted by molar-refractivity contribution is 0.784. The maximum Gasteiger partial charge on any atom is 0.276 e. The van der Waals surface area contributed by atoms with Gasteiger partial charge in [0.1, 0.15) is 5.52 Å². The van der Waals surface area contributed by atoms with Gasteiger partial charge in [0.05, 0.1) is 0 Å². The summed E-state index contributed by atoms with van der Waals surface area (Å²) in [4.78, 5) is 12.2. The van der Waals surface area contributed by atoms with Gasteiger partial charge >= 0.3 is 0 Å². The molecule has 0 amide bonds. The van der Waals surface area contributed by atoms with Crippen LogP contribution in [0.3, 0.4) is 0 Å². The van der Waals surface area contributed by atoms with Crippen molar-refractivity contribution in [2.45, 2.75) is 6.54 Å². The molecule has 0 N–H and O–H groups in total. The monoisotopic (exact) mass is 410 g/mol. The zero-order valence-corrected chi connectivity index (χ0v) is 12.8. The van der Waals surface area contributed by atoms with E-state index < -0.39 is 0 Å². The lowest BCUT2D eigenvalue weighted by atomic mass is 10.3. The van der Waals surface area contributed by atoms with E-state index in [-0.39, 0.29) is 5.56 Å². The average Bonchev–Trinajstić information content (AvgIpc) is 2.70. The minimum Gasteiger partial charge on any atom is -0.309 e. The van der Waals surface area contributed by atoms with Gasteiger partial charge in [-0.1, -0.05) is 6.08 Å². The molecule has 2 rings (SSSR count). The van der Waals surface area contributed by atoms with Crippen molar-refractivity contribution in [2.75, 3.05) is 0 Å². The van der Waals surface area contributed by atoms with Crippen molar-refractivity contribution in [3.05, 3.63) is 45.9 Å². The van der Waals surface area contributed by atoms with E-state index in [9.17, 15) is 4.79 Å². The van der Waals surface area contributed by atoms with Crippen molar-refractivity contribution in [2.24, 2.45) is 0 Å². The first-order chi connectivity index (χ1) is 7.69. The highest BCUT2D eigenvalue weighted by atomic mass is 127. The van der Waals surface area contributed by atoms with Crippen LogP contribution in [0.4, 0.5) is 0 Å². The number of hydrogen-bond acceptors (Lipinski definition) is 2. The Labute approximate surface area is 117 Å². The molecule has 0 fully saturated rings. The molecular formula is C10H8BrIN2OS. The first kappa shape index (κ1) is 12.3. The molecule has 6 heteroatoms. The smallest absolute Gasteiger partial charge is 0.276 e. The molecule has 0 saturated heterocycles. The van der Waals surface area contributed by atoms with Crippen LogP contribution >= 0.6 is 46.3 Å². The topological polar surface area (TPSA) is 26.9 Å². The Morgan fingerprint density at radius 2 is 2.38 bits per heavy atom. The Balaban J connectivity index is 2.84. The highest BCUT2D eigenvalue weighted by molar-refractivity contribution is 14.2. The summed E-state index contributed by atoms with van der Waals surface area (Å²) in [5, 5.41) is 0.939. The Morgan fingerprint density at radius 3 is 3.00 bits per heavy atom. The molecule has 84 valence electrons. The number of rotatable bonds is 3. The molecule has 0 atom stereocenters. The second kappa shape index (κ2) is 4.97. The second-order valence-corrected chi connectivity index (χ2v) is 5.76. The highest BCUT2D eigenvalue weighted by Gasteiger charge is 2.11. The number of aromatic nitrogens is 2. The van der Waals surface area contributed by atoms with E-state index in [1.807, 2.05) is 16.2 Å². The molecule has 0 bridgehead atoms. The van der Waals surface area contributed by atoms with E-state index in [0.29, 0.717) is 12.1 Å². The van der Waals surface area contributed by atoms with Crippen LogP contribution in [0, 0.1) is 0 Å². The summed E-state index contributed by atoms with van der Waals surface area (Å²) in [6, 6.07) is 1.94. The van der Waals surface area contributed by atoms with Gasteiger partial charge < -0.3 is 4.57 Å². The standard InChI is InChI=1S/C10H8BrIN2OS/c1-2-4-13-6-8(11)7-3-5-14(16-12)9(7)10(13)15/h2-3,5-6H,1,4H2. The summed E-state index contributed by atoms with van der Waals surface area (Å²) < 4.78 is 4.43. The molecule has 2 heterocycles. The number of allylic oxidation sites excluding steroid dienone is 1. The van der Waals surface area contributed by atoms with Crippen molar-refractivity contribution < 1.29 is 0 Å². The van der Waals surface area contributed by atoms with Crippen molar-refractivity contribution in [1.82, 2.24) is 8.54 Å². The van der Waals surface area contributed by atoms with Crippen molar-refractivity contribution in [3.8, 4) is 0 Å². The fourth-order valence-corrected chi connectivity index (χ4v) is 3.45. The van der Waals surface area contributed by atoms with Gasteiger partial charge in [-0.15, -0.1) is 6.58 Å². The fraction of sp³-hybridized carbons (Fsp3) is 0.100. The zero-order valence-electron chi connectivity index (χ0n) is 8.19. The van der Waals surface area contributed by atoms with Crippen LogP contribution in [0.25, 0.3) is 10.9 Å².